The number of benzene rings is 3. The molecular formula is C25H19FN2O3S. The van der Waals surface area contributed by atoms with Crippen molar-refractivity contribution in [3.8, 4) is 10.6 Å². The van der Waals surface area contributed by atoms with Gasteiger partial charge in [0.1, 0.15) is 10.8 Å². The number of amides is 1. The van der Waals surface area contributed by atoms with E-state index in [9.17, 15) is 14.0 Å². The molecule has 1 amide bonds. The van der Waals surface area contributed by atoms with Crippen molar-refractivity contribution in [1.29, 1.82) is 0 Å². The number of hydrogen-bond acceptors (Lipinski definition) is 5. The van der Waals surface area contributed by atoms with Gasteiger partial charge in [-0.05, 0) is 72.7 Å². The van der Waals surface area contributed by atoms with Gasteiger partial charge in [0.25, 0.3) is 5.91 Å². The van der Waals surface area contributed by atoms with E-state index in [-0.39, 0.29) is 5.82 Å². The molecule has 0 fully saturated rings. The topological polar surface area (TPSA) is 68.3 Å². The van der Waals surface area contributed by atoms with Crippen LogP contribution < -0.4 is 5.32 Å². The van der Waals surface area contributed by atoms with E-state index in [1.807, 2.05) is 24.3 Å². The second-order valence-electron chi connectivity index (χ2n) is 7.11. The molecule has 0 spiro atoms. The molecule has 0 saturated carbocycles. The third kappa shape index (κ3) is 5.44. The third-order valence-corrected chi connectivity index (χ3v) is 5.65. The number of hydrogen-bond donors (Lipinski definition) is 1. The Morgan fingerprint density at radius 1 is 1.06 bits per heavy atom. The van der Waals surface area contributed by atoms with Gasteiger partial charge in [-0.1, -0.05) is 18.2 Å². The molecule has 0 aliphatic carbocycles. The summed E-state index contributed by atoms with van der Waals surface area (Å²) in [4.78, 5) is 28.5. The molecule has 1 aromatic heterocycles. The monoisotopic (exact) mass is 446 g/mol. The average Bonchev–Trinajstić information content (AvgIpc) is 3.21. The van der Waals surface area contributed by atoms with Gasteiger partial charge in [0, 0.05) is 17.3 Å². The van der Waals surface area contributed by atoms with Gasteiger partial charge in [0.15, 0.2) is 6.61 Å². The lowest BCUT2D eigenvalue weighted by molar-refractivity contribution is -0.142. The summed E-state index contributed by atoms with van der Waals surface area (Å²) in [6.45, 7) is 1.64. The zero-order valence-corrected chi connectivity index (χ0v) is 18.0. The number of carbonyl (C=O) groups is 2. The number of thiazole rings is 1. The van der Waals surface area contributed by atoms with Crippen molar-refractivity contribution in [3.63, 3.8) is 0 Å². The van der Waals surface area contributed by atoms with Crippen LogP contribution in [0.3, 0.4) is 0 Å². The Morgan fingerprint density at radius 2 is 1.81 bits per heavy atom. The van der Waals surface area contributed by atoms with Crippen molar-refractivity contribution in [2.45, 2.75) is 6.92 Å². The number of rotatable bonds is 6. The van der Waals surface area contributed by atoms with Gasteiger partial charge in [-0.15, -0.1) is 11.3 Å². The van der Waals surface area contributed by atoms with E-state index in [0.29, 0.717) is 11.3 Å². The summed E-state index contributed by atoms with van der Waals surface area (Å²) in [5.74, 6) is -1.47. The Morgan fingerprint density at radius 3 is 2.56 bits per heavy atom. The van der Waals surface area contributed by atoms with Crippen LogP contribution in [0.2, 0.25) is 0 Å². The lowest BCUT2D eigenvalue weighted by atomic mass is 10.2. The third-order valence-electron chi connectivity index (χ3n) is 4.59. The van der Waals surface area contributed by atoms with E-state index in [1.54, 1.807) is 23.5 Å². The molecule has 3 aromatic carbocycles. The lowest BCUT2D eigenvalue weighted by Crippen LogP contribution is -2.20. The first-order chi connectivity index (χ1) is 15.5. The van der Waals surface area contributed by atoms with Crippen LogP contribution in [0.15, 0.2) is 72.8 Å². The van der Waals surface area contributed by atoms with Gasteiger partial charge < -0.3 is 10.1 Å². The van der Waals surface area contributed by atoms with Crippen LogP contribution in [-0.2, 0) is 14.3 Å². The standard InChI is InChI=1S/C25H19FN2O3S/c1-16-2-12-21-22(14-16)32-25(28-21)18-6-10-20(11-7-18)27-23(29)15-31-24(30)13-5-17-3-8-19(26)9-4-17/h2-14H,15H2,1H3,(H,27,29). The number of nitrogens with zero attached hydrogens (tertiary/aromatic N) is 1. The van der Waals surface area contributed by atoms with Gasteiger partial charge >= 0.3 is 5.97 Å². The van der Waals surface area contributed by atoms with Crippen molar-refractivity contribution in [3.05, 3.63) is 89.8 Å². The number of aryl methyl sites for hydroxylation is 1. The Balaban J connectivity index is 1.30. The Bertz CT molecular complexity index is 1300. The molecular weight excluding hydrogens is 427 g/mol. The Hall–Kier alpha value is -3.84. The number of nitrogens with one attached hydrogen (secondary N) is 1. The number of carbonyl (C=O) groups excluding carboxylic acids is 2. The van der Waals surface area contributed by atoms with Gasteiger partial charge in [-0.3, -0.25) is 4.79 Å². The highest BCUT2D eigenvalue weighted by Crippen LogP contribution is 2.31. The average molecular weight is 447 g/mol. The summed E-state index contributed by atoms with van der Waals surface area (Å²) in [6, 6.07) is 19.1. The summed E-state index contributed by atoms with van der Waals surface area (Å²) in [7, 11) is 0. The molecule has 1 heterocycles. The molecule has 0 aliphatic rings. The molecule has 160 valence electrons. The number of anilines is 1. The van der Waals surface area contributed by atoms with Crippen LogP contribution in [0, 0.1) is 12.7 Å². The molecule has 0 atom stereocenters. The predicted molar refractivity (Wildman–Crippen MR) is 125 cm³/mol. The normalized spacial score (nSPS) is 11.1. The summed E-state index contributed by atoms with van der Waals surface area (Å²) in [6.07, 6.45) is 2.68. The largest absolute Gasteiger partial charge is 0.452 e. The van der Waals surface area contributed by atoms with Gasteiger partial charge in [0.2, 0.25) is 0 Å². The summed E-state index contributed by atoms with van der Waals surface area (Å²) in [5.41, 5.74) is 4.35. The molecule has 7 heteroatoms. The molecule has 5 nitrogen and oxygen atoms in total. The first-order valence-electron chi connectivity index (χ1n) is 9.84. The minimum atomic E-state index is -0.661. The smallest absolute Gasteiger partial charge is 0.331 e. The molecule has 0 unspecified atom stereocenters. The number of fused-ring (bicyclic) bond motifs is 1. The molecule has 1 N–H and O–H groups in total. The molecule has 4 rings (SSSR count). The maximum atomic E-state index is 12.9. The molecule has 0 saturated heterocycles. The van der Waals surface area contributed by atoms with Crippen LogP contribution in [-0.4, -0.2) is 23.5 Å². The molecule has 0 bridgehead atoms. The van der Waals surface area contributed by atoms with Gasteiger partial charge in [-0.2, -0.15) is 0 Å². The van der Waals surface area contributed by atoms with Crippen LogP contribution in [0.1, 0.15) is 11.1 Å². The van der Waals surface area contributed by atoms with Crippen LogP contribution in [0.25, 0.3) is 26.9 Å². The van der Waals surface area contributed by atoms with E-state index >= 15 is 0 Å². The van der Waals surface area contributed by atoms with Crippen molar-refractivity contribution in [2.24, 2.45) is 0 Å². The van der Waals surface area contributed by atoms with Crippen LogP contribution in [0.4, 0.5) is 10.1 Å². The molecule has 32 heavy (non-hydrogen) atoms. The first kappa shape index (κ1) is 21.4. The summed E-state index contributed by atoms with van der Waals surface area (Å²) >= 11 is 1.62. The summed E-state index contributed by atoms with van der Waals surface area (Å²) in [5, 5.41) is 3.60. The highest BCUT2D eigenvalue weighted by Gasteiger charge is 2.09. The number of esters is 1. The van der Waals surface area contributed by atoms with Crippen LogP contribution in [0.5, 0.6) is 0 Å². The Labute approximate surface area is 188 Å². The SMILES string of the molecule is Cc1ccc2nc(-c3ccc(NC(=O)COC(=O)C=Cc4ccc(F)cc4)cc3)sc2c1. The summed E-state index contributed by atoms with van der Waals surface area (Å²) < 4.78 is 18.9. The van der Waals surface area contributed by atoms with Crippen LogP contribution >= 0.6 is 11.3 Å². The van der Waals surface area contributed by atoms with E-state index in [4.69, 9.17) is 4.74 Å². The van der Waals surface area contributed by atoms with Crippen molar-refractivity contribution in [2.75, 3.05) is 11.9 Å². The van der Waals surface area contributed by atoms with Crippen molar-refractivity contribution in [1.82, 2.24) is 4.98 Å². The second-order valence-corrected chi connectivity index (χ2v) is 8.14. The first-order valence-corrected chi connectivity index (χ1v) is 10.7. The van der Waals surface area contributed by atoms with Crippen molar-refractivity contribution < 1.29 is 18.7 Å². The number of aromatic nitrogens is 1. The number of halogens is 1. The van der Waals surface area contributed by atoms with Crippen molar-refractivity contribution >= 4 is 45.2 Å². The minimum Gasteiger partial charge on any atom is -0.452 e. The minimum absolute atomic E-state index is 0.357. The molecule has 0 aliphatic heterocycles. The Kier molecular flexibility index (Phi) is 6.37. The van der Waals surface area contributed by atoms with E-state index in [2.05, 4.69) is 23.3 Å². The van der Waals surface area contributed by atoms with E-state index in [0.717, 1.165) is 20.8 Å². The molecule has 0 radical (unpaired) electrons. The zero-order chi connectivity index (χ0) is 22.5. The van der Waals surface area contributed by atoms with Gasteiger partial charge in [0.05, 0.1) is 10.2 Å². The fourth-order valence-corrected chi connectivity index (χ4v) is 4.04. The second kappa shape index (κ2) is 9.53. The maximum Gasteiger partial charge on any atom is 0.331 e. The highest BCUT2D eigenvalue weighted by atomic mass is 32.1. The molecule has 4 aromatic rings. The van der Waals surface area contributed by atoms with Gasteiger partial charge in [-0.25, -0.2) is 14.2 Å². The van der Waals surface area contributed by atoms with E-state index < -0.39 is 18.5 Å². The highest BCUT2D eigenvalue weighted by molar-refractivity contribution is 7.21. The predicted octanol–water partition coefficient (Wildman–Crippen LogP) is 5.61. The fraction of sp³-hybridized carbons (Fsp3) is 0.0800. The lowest BCUT2D eigenvalue weighted by Gasteiger charge is -2.06. The number of ether oxygens (including phenoxy) is 1. The van der Waals surface area contributed by atoms with E-state index in [1.165, 1.54) is 42.0 Å². The maximum absolute atomic E-state index is 12.9. The zero-order valence-electron chi connectivity index (χ0n) is 17.2. The fourth-order valence-electron chi connectivity index (χ4n) is 2.97. The quantitative estimate of drug-likeness (QED) is 0.309.